The average molecular weight is 1140 g/mol. The number of likely N-dealkylation sites (N-methyl/N-ethyl adjacent to an activating group) is 5. The van der Waals surface area contributed by atoms with E-state index in [0.29, 0.717) is 11.3 Å². The van der Waals surface area contributed by atoms with Crippen LogP contribution in [0.2, 0.25) is 0 Å². The van der Waals surface area contributed by atoms with Gasteiger partial charge >= 0.3 is 41.8 Å². The number of carbonyl (C=O) groups is 14. The Labute approximate surface area is 465 Å². The van der Waals surface area contributed by atoms with Crippen molar-refractivity contribution in [2.45, 2.75) is 210 Å². The number of nitrogens with zero attached hydrogens (tertiary/aromatic N) is 5. The molecule has 9 N–H and O–H groups in total. The standard InChI is InChI=1S/C52H85N7O21/c1-8-9-10-11-12-13-14-15-16-17-18-19-41(62)55(3)36(50(75)76)23-29-44(65)58(6)38(52(79)80)25-31-45(66)59(7)37(51(77)78)24-30-43(64)57(5)35(49(73)74)22-27-40(61)54-33(47(69)70)20-28-42(63)56(4)34(48(71)72)21-26-39(60)53-32(2)46(67)68/h32-38H,8-31H2,1-7H3,(H,53,60)(H,54,61)(H,67,68)(H,69,70)(H,71,72)(H,73,74)(H,75,76)(H,77,78)(H,79,80). The predicted octanol–water partition coefficient (Wildman–Crippen LogP) is 2.09. The SMILES string of the molecule is CCCCCCCCCCCCCC(=O)N(C)C(CCC(=O)N(C)C(CCC(=O)N(C)C(CCC(=O)N(C)C(CCC(=O)NC(CCC(=O)N(C)C(CCC(=O)NC(C)C(=O)O)C(=O)O)C(=O)O)C(=O)O)C(=O)O)C(=O)O)C(=O)O. The second-order valence-electron chi connectivity index (χ2n) is 19.9. The predicted molar refractivity (Wildman–Crippen MR) is 282 cm³/mol. The van der Waals surface area contributed by atoms with Gasteiger partial charge in [0.1, 0.15) is 42.3 Å². The van der Waals surface area contributed by atoms with Crippen LogP contribution in [0.1, 0.15) is 168 Å². The first kappa shape index (κ1) is 72.6. The van der Waals surface area contributed by atoms with Crippen molar-refractivity contribution < 1.29 is 103 Å². The Balaban J connectivity index is 5.41. The minimum Gasteiger partial charge on any atom is -0.480 e. The third-order valence-electron chi connectivity index (χ3n) is 13.9. The Hall–Kier alpha value is -7.42. The van der Waals surface area contributed by atoms with E-state index in [-0.39, 0.29) is 12.8 Å². The zero-order chi connectivity index (χ0) is 61.4. The van der Waals surface area contributed by atoms with Gasteiger partial charge in [0.25, 0.3) is 0 Å². The van der Waals surface area contributed by atoms with Crippen molar-refractivity contribution in [2.75, 3.05) is 35.2 Å². The van der Waals surface area contributed by atoms with E-state index in [1.165, 1.54) is 52.5 Å². The molecule has 0 aromatic carbocycles. The number of hydrogen-bond acceptors (Lipinski definition) is 14. The summed E-state index contributed by atoms with van der Waals surface area (Å²) >= 11 is 0. The molecule has 0 saturated heterocycles. The zero-order valence-corrected chi connectivity index (χ0v) is 47.1. The summed E-state index contributed by atoms with van der Waals surface area (Å²) in [6.07, 6.45) is 5.36. The van der Waals surface area contributed by atoms with Crippen molar-refractivity contribution in [3.05, 3.63) is 0 Å². The molecule has 28 nitrogen and oxygen atoms in total. The molecule has 0 fully saturated rings. The highest BCUT2D eigenvalue weighted by atomic mass is 16.4. The van der Waals surface area contributed by atoms with E-state index in [9.17, 15) is 97.8 Å². The lowest BCUT2D eigenvalue weighted by Gasteiger charge is -2.29. The quantitative estimate of drug-likeness (QED) is 0.0394. The van der Waals surface area contributed by atoms with Crippen LogP contribution >= 0.6 is 0 Å². The smallest absolute Gasteiger partial charge is 0.326 e. The second kappa shape index (κ2) is 38.2. The van der Waals surface area contributed by atoms with E-state index in [2.05, 4.69) is 17.6 Å². The van der Waals surface area contributed by atoms with E-state index in [0.717, 1.165) is 73.5 Å². The highest BCUT2D eigenvalue weighted by molar-refractivity contribution is 5.90. The second-order valence-corrected chi connectivity index (χ2v) is 19.9. The summed E-state index contributed by atoms with van der Waals surface area (Å²) in [5, 5.41) is 72.4. The van der Waals surface area contributed by atoms with Gasteiger partial charge in [-0.25, -0.2) is 28.8 Å². The molecular weight excluding hydrogens is 1060 g/mol. The minimum absolute atomic E-state index is 0.116. The molecule has 0 rings (SSSR count). The van der Waals surface area contributed by atoms with Crippen molar-refractivity contribution in [2.24, 2.45) is 0 Å². The van der Waals surface area contributed by atoms with Crippen LogP contribution in [0.15, 0.2) is 0 Å². The van der Waals surface area contributed by atoms with E-state index in [1.807, 2.05) is 0 Å². The number of nitrogens with one attached hydrogen (secondary N) is 2. The fourth-order valence-corrected chi connectivity index (χ4v) is 8.59. The summed E-state index contributed by atoms with van der Waals surface area (Å²) in [6, 6.07) is -11.0. The third-order valence-corrected chi connectivity index (χ3v) is 13.9. The molecule has 0 heterocycles. The molecule has 0 aliphatic rings. The molecule has 28 heteroatoms. The Morgan fingerprint density at radius 1 is 0.312 bits per heavy atom. The number of carboxylic acids is 7. The topological polar surface area (TPSA) is 421 Å². The Morgan fingerprint density at radius 2 is 0.562 bits per heavy atom. The molecule has 0 aromatic rings. The van der Waals surface area contributed by atoms with Gasteiger partial charge in [-0.2, -0.15) is 0 Å². The average Bonchev–Trinajstić information content (AvgIpc) is 3.37. The van der Waals surface area contributed by atoms with Gasteiger partial charge in [0.05, 0.1) is 0 Å². The van der Waals surface area contributed by atoms with Gasteiger partial charge in [0.2, 0.25) is 41.4 Å². The fraction of sp³-hybridized carbons (Fsp3) is 0.731. The lowest BCUT2D eigenvalue weighted by molar-refractivity contribution is -0.153. The van der Waals surface area contributed by atoms with E-state index in [4.69, 9.17) is 5.11 Å². The molecule has 7 unspecified atom stereocenters. The Kier molecular flexibility index (Phi) is 34.7. The normalized spacial score (nSPS) is 13.6. The number of amides is 7. The van der Waals surface area contributed by atoms with Gasteiger partial charge in [-0.15, -0.1) is 0 Å². The number of carboxylic acid groups (broad SMARTS) is 7. The van der Waals surface area contributed by atoms with Crippen LogP contribution in [0.3, 0.4) is 0 Å². The van der Waals surface area contributed by atoms with Crippen LogP contribution in [0.4, 0.5) is 0 Å². The van der Waals surface area contributed by atoms with E-state index >= 15 is 0 Å². The summed E-state index contributed by atoms with van der Waals surface area (Å²) in [5.74, 6) is -16.3. The lowest BCUT2D eigenvalue weighted by atomic mass is 10.0. The van der Waals surface area contributed by atoms with E-state index < -0.39 is 196 Å². The minimum atomic E-state index is -1.73. The zero-order valence-electron chi connectivity index (χ0n) is 47.1. The molecular formula is C52H85N7O21. The van der Waals surface area contributed by atoms with Crippen molar-refractivity contribution in [1.82, 2.24) is 35.1 Å². The van der Waals surface area contributed by atoms with Crippen molar-refractivity contribution in [3.63, 3.8) is 0 Å². The van der Waals surface area contributed by atoms with Crippen LogP contribution in [0, 0.1) is 0 Å². The molecule has 80 heavy (non-hydrogen) atoms. The van der Waals surface area contributed by atoms with Gasteiger partial charge in [0, 0.05) is 80.2 Å². The van der Waals surface area contributed by atoms with Crippen LogP contribution in [-0.2, 0) is 67.1 Å². The molecule has 7 atom stereocenters. The molecule has 0 aliphatic carbocycles. The number of aliphatic carboxylic acids is 7. The maximum atomic E-state index is 13.3. The summed E-state index contributed by atoms with van der Waals surface area (Å²) in [5.41, 5.74) is 0. The monoisotopic (exact) mass is 1140 g/mol. The molecule has 7 amide bonds. The first-order chi connectivity index (χ1) is 37.4. The number of rotatable bonds is 44. The number of unbranched alkanes of at least 4 members (excludes halogenated alkanes) is 10. The van der Waals surface area contributed by atoms with Gasteiger partial charge in [-0.1, -0.05) is 71.1 Å². The summed E-state index contributed by atoms with van der Waals surface area (Å²) in [7, 11) is 5.66. The maximum Gasteiger partial charge on any atom is 0.326 e. The third kappa shape index (κ3) is 27.4. The highest BCUT2D eigenvalue weighted by Gasteiger charge is 2.35. The van der Waals surface area contributed by atoms with Crippen LogP contribution in [-0.4, -0.2) is 221 Å². The maximum absolute atomic E-state index is 13.3. The van der Waals surface area contributed by atoms with Gasteiger partial charge in [0.15, 0.2) is 0 Å². The van der Waals surface area contributed by atoms with E-state index in [1.54, 1.807) is 0 Å². The van der Waals surface area contributed by atoms with Crippen molar-refractivity contribution in [1.29, 1.82) is 0 Å². The first-order valence-corrected chi connectivity index (χ1v) is 26.9. The first-order valence-electron chi connectivity index (χ1n) is 26.9. The summed E-state index contributed by atoms with van der Waals surface area (Å²) < 4.78 is 0. The Morgan fingerprint density at radius 3 is 0.838 bits per heavy atom. The van der Waals surface area contributed by atoms with Crippen molar-refractivity contribution >= 4 is 83.1 Å². The van der Waals surface area contributed by atoms with Gasteiger partial charge in [-0.05, 0) is 51.9 Å². The van der Waals surface area contributed by atoms with Gasteiger partial charge in [-0.3, -0.25) is 38.4 Å². The summed E-state index contributed by atoms with van der Waals surface area (Å²) in [4.78, 5) is 178. The molecule has 0 saturated carbocycles. The van der Waals surface area contributed by atoms with Crippen LogP contribution < -0.4 is 10.6 Å². The molecule has 0 bridgehead atoms. The lowest BCUT2D eigenvalue weighted by Crippen LogP contribution is -2.47. The van der Waals surface area contributed by atoms with Crippen LogP contribution in [0.5, 0.6) is 0 Å². The summed E-state index contributed by atoms with van der Waals surface area (Å²) in [6.45, 7) is 3.35. The van der Waals surface area contributed by atoms with Crippen molar-refractivity contribution in [3.8, 4) is 0 Å². The molecule has 0 spiro atoms. The molecule has 0 radical (unpaired) electrons. The van der Waals surface area contributed by atoms with Crippen LogP contribution in [0.25, 0.3) is 0 Å². The van der Waals surface area contributed by atoms with Gasteiger partial charge < -0.3 is 70.9 Å². The number of hydrogen-bond donors (Lipinski definition) is 9. The largest absolute Gasteiger partial charge is 0.480 e. The molecule has 454 valence electrons. The highest BCUT2D eigenvalue weighted by Crippen LogP contribution is 2.19. The molecule has 0 aliphatic heterocycles. The fourth-order valence-electron chi connectivity index (χ4n) is 8.59. The Bertz CT molecular complexity index is 2140. The molecule has 0 aromatic heterocycles. The number of carbonyl (C=O) groups excluding carboxylic acids is 7.